The molecule has 0 unspecified atom stereocenters. The smallest absolute Gasteiger partial charge is 0.224 e. The summed E-state index contributed by atoms with van der Waals surface area (Å²) in [5, 5.41) is 2.81. The summed E-state index contributed by atoms with van der Waals surface area (Å²) >= 11 is 0. The maximum atomic E-state index is 11.5. The molecule has 0 heterocycles. The van der Waals surface area contributed by atoms with Gasteiger partial charge in [-0.15, -0.1) is 0 Å². The molecule has 3 nitrogen and oxygen atoms in total. The fourth-order valence-corrected chi connectivity index (χ4v) is 1.40. The summed E-state index contributed by atoms with van der Waals surface area (Å²) in [6.07, 6.45) is 2.59. The lowest BCUT2D eigenvalue weighted by Gasteiger charge is -2.04. The average molecular weight is 219 g/mol. The topological polar surface area (TPSA) is 46.2 Å². The summed E-state index contributed by atoms with van der Waals surface area (Å²) in [7, 11) is 0. The molecule has 0 saturated carbocycles. The molecule has 1 amide bonds. The van der Waals surface area contributed by atoms with E-state index in [0.717, 1.165) is 18.5 Å². The lowest BCUT2D eigenvalue weighted by Crippen LogP contribution is -2.10. The Morgan fingerprint density at radius 2 is 1.69 bits per heavy atom. The molecule has 0 radical (unpaired) electrons. The van der Waals surface area contributed by atoms with E-state index in [2.05, 4.69) is 5.32 Å². The van der Waals surface area contributed by atoms with Crippen LogP contribution in [0, 0.1) is 0 Å². The first-order valence-electron chi connectivity index (χ1n) is 5.53. The predicted molar refractivity (Wildman–Crippen MR) is 64.2 cm³/mol. The minimum Gasteiger partial charge on any atom is -0.326 e. The van der Waals surface area contributed by atoms with Gasteiger partial charge in [0.15, 0.2) is 0 Å². The Balaban J connectivity index is 2.19. The van der Waals surface area contributed by atoms with E-state index in [1.807, 2.05) is 30.3 Å². The molecule has 0 spiro atoms. The zero-order valence-corrected chi connectivity index (χ0v) is 9.53. The largest absolute Gasteiger partial charge is 0.326 e. The van der Waals surface area contributed by atoms with Crippen LogP contribution >= 0.6 is 0 Å². The zero-order chi connectivity index (χ0) is 11.8. The molecule has 86 valence electrons. The van der Waals surface area contributed by atoms with Crippen LogP contribution in [0.15, 0.2) is 30.3 Å². The quantitative estimate of drug-likeness (QED) is 0.748. The Morgan fingerprint density at radius 1 is 1.06 bits per heavy atom. The maximum Gasteiger partial charge on any atom is 0.224 e. The van der Waals surface area contributed by atoms with E-state index in [0.29, 0.717) is 12.8 Å². The molecule has 16 heavy (non-hydrogen) atoms. The molecule has 0 aliphatic rings. The highest BCUT2D eigenvalue weighted by molar-refractivity contribution is 5.90. The van der Waals surface area contributed by atoms with Crippen LogP contribution in [0.5, 0.6) is 0 Å². The first-order valence-corrected chi connectivity index (χ1v) is 5.53. The Bertz CT molecular complexity index is 346. The van der Waals surface area contributed by atoms with Gasteiger partial charge in [-0.25, -0.2) is 0 Å². The van der Waals surface area contributed by atoms with Crippen molar-refractivity contribution in [3.8, 4) is 0 Å². The van der Waals surface area contributed by atoms with E-state index >= 15 is 0 Å². The number of carbonyl (C=O) groups is 2. The van der Waals surface area contributed by atoms with E-state index in [4.69, 9.17) is 0 Å². The normalized spacial score (nSPS) is 9.81. The van der Waals surface area contributed by atoms with Gasteiger partial charge in [0.05, 0.1) is 0 Å². The molecule has 0 bridgehead atoms. The number of carbonyl (C=O) groups excluding carboxylic acids is 2. The number of para-hydroxylation sites is 1. The highest BCUT2D eigenvalue weighted by atomic mass is 16.1. The van der Waals surface area contributed by atoms with Crippen LogP contribution in [-0.2, 0) is 9.59 Å². The van der Waals surface area contributed by atoms with E-state index in [9.17, 15) is 9.59 Å². The number of rotatable bonds is 6. The van der Waals surface area contributed by atoms with Crippen LogP contribution < -0.4 is 5.32 Å². The van der Waals surface area contributed by atoms with Crippen LogP contribution in [0.3, 0.4) is 0 Å². The van der Waals surface area contributed by atoms with Crippen molar-refractivity contribution in [1.29, 1.82) is 0 Å². The molecular formula is C13H17NO2. The third-order valence-electron chi connectivity index (χ3n) is 2.24. The number of hydrogen-bond donors (Lipinski definition) is 1. The van der Waals surface area contributed by atoms with Crippen molar-refractivity contribution >= 4 is 17.4 Å². The van der Waals surface area contributed by atoms with Gasteiger partial charge in [-0.3, -0.25) is 4.79 Å². The van der Waals surface area contributed by atoms with Gasteiger partial charge in [0.2, 0.25) is 5.91 Å². The number of hydrogen-bond acceptors (Lipinski definition) is 2. The molecule has 3 heteroatoms. The molecule has 1 rings (SSSR count). The minimum atomic E-state index is 0.00903. The molecular weight excluding hydrogens is 202 g/mol. The minimum absolute atomic E-state index is 0.00903. The lowest BCUT2D eigenvalue weighted by atomic mass is 10.1. The monoisotopic (exact) mass is 219 g/mol. The van der Waals surface area contributed by atoms with E-state index in [1.54, 1.807) is 6.92 Å². The molecule has 1 N–H and O–H groups in total. The number of amides is 1. The molecule has 1 aromatic carbocycles. The van der Waals surface area contributed by atoms with Crippen molar-refractivity contribution in [3.63, 3.8) is 0 Å². The van der Waals surface area contributed by atoms with Gasteiger partial charge in [-0.1, -0.05) is 18.2 Å². The predicted octanol–water partition coefficient (Wildman–Crippen LogP) is 2.77. The molecule has 0 aliphatic heterocycles. The van der Waals surface area contributed by atoms with Crippen molar-refractivity contribution in [3.05, 3.63) is 30.3 Å². The SMILES string of the molecule is CC(=O)CCCCC(=O)Nc1ccccc1. The van der Waals surface area contributed by atoms with Gasteiger partial charge in [0.25, 0.3) is 0 Å². The third kappa shape index (κ3) is 5.29. The number of nitrogens with one attached hydrogen (secondary N) is 1. The second kappa shape index (κ2) is 6.77. The molecule has 0 atom stereocenters. The summed E-state index contributed by atoms with van der Waals surface area (Å²) in [5.41, 5.74) is 0.819. The van der Waals surface area contributed by atoms with Gasteiger partial charge in [0.1, 0.15) is 5.78 Å². The fourth-order valence-electron chi connectivity index (χ4n) is 1.40. The molecule has 0 saturated heterocycles. The van der Waals surface area contributed by atoms with Crippen LogP contribution in [-0.4, -0.2) is 11.7 Å². The Kier molecular flexibility index (Phi) is 5.26. The summed E-state index contributed by atoms with van der Waals surface area (Å²) < 4.78 is 0. The number of benzene rings is 1. The van der Waals surface area contributed by atoms with Gasteiger partial charge >= 0.3 is 0 Å². The Labute approximate surface area is 95.9 Å². The van der Waals surface area contributed by atoms with E-state index in [1.165, 1.54) is 0 Å². The second-order valence-electron chi connectivity index (χ2n) is 3.82. The van der Waals surface area contributed by atoms with Gasteiger partial charge in [-0.05, 0) is 31.9 Å². The third-order valence-corrected chi connectivity index (χ3v) is 2.24. The second-order valence-corrected chi connectivity index (χ2v) is 3.82. The Morgan fingerprint density at radius 3 is 2.31 bits per heavy atom. The summed E-state index contributed by atoms with van der Waals surface area (Å²) in [6, 6.07) is 9.38. The number of ketones is 1. The number of unbranched alkanes of at least 4 members (excludes halogenated alkanes) is 1. The van der Waals surface area contributed by atoms with Crippen molar-refractivity contribution in [2.45, 2.75) is 32.6 Å². The van der Waals surface area contributed by atoms with Crippen LogP contribution in [0.4, 0.5) is 5.69 Å². The van der Waals surface area contributed by atoms with Crippen molar-refractivity contribution in [2.24, 2.45) is 0 Å². The van der Waals surface area contributed by atoms with E-state index in [-0.39, 0.29) is 11.7 Å². The molecule has 0 aromatic heterocycles. The first kappa shape index (κ1) is 12.4. The van der Waals surface area contributed by atoms with Crippen LogP contribution in [0.2, 0.25) is 0 Å². The van der Waals surface area contributed by atoms with Crippen LogP contribution in [0.1, 0.15) is 32.6 Å². The van der Waals surface area contributed by atoms with Gasteiger partial charge < -0.3 is 10.1 Å². The zero-order valence-electron chi connectivity index (χ0n) is 9.53. The van der Waals surface area contributed by atoms with Crippen molar-refractivity contribution in [1.82, 2.24) is 0 Å². The molecule has 0 fully saturated rings. The van der Waals surface area contributed by atoms with Crippen molar-refractivity contribution < 1.29 is 9.59 Å². The molecule has 0 aliphatic carbocycles. The summed E-state index contributed by atoms with van der Waals surface area (Å²) in [4.78, 5) is 22.1. The highest BCUT2D eigenvalue weighted by Crippen LogP contribution is 2.07. The standard InChI is InChI=1S/C13H17NO2/c1-11(15)7-5-6-10-13(16)14-12-8-3-2-4-9-12/h2-4,8-9H,5-7,10H2,1H3,(H,14,16). The van der Waals surface area contributed by atoms with Gasteiger partial charge in [-0.2, -0.15) is 0 Å². The number of anilines is 1. The Hall–Kier alpha value is -1.64. The van der Waals surface area contributed by atoms with Crippen molar-refractivity contribution in [2.75, 3.05) is 5.32 Å². The summed E-state index contributed by atoms with van der Waals surface area (Å²) in [6.45, 7) is 1.57. The first-order chi connectivity index (χ1) is 7.68. The maximum absolute atomic E-state index is 11.5. The fraction of sp³-hybridized carbons (Fsp3) is 0.385. The lowest BCUT2D eigenvalue weighted by molar-refractivity contribution is -0.118. The summed E-state index contributed by atoms with van der Waals surface area (Å²) in [5.74, 6) is 0.193. The molecule has 1 aromatic rings. The number of Topliss-reactive ketones (excluding diaryl/α,β-unsaturated/α-hetero) is 1. The average Bonchev–Trinajstić information content (AvgIpc) is 2.25. The van der Waals surface area contributed by atoms with E-state index < -0.39 is 0 Å². The van der Waals surface area contributed by atoms with Crippen LogP contribution in [0.25, 0.3) is 0 Å². The highest BCUT2D eigenvalue weighted by Gasteiger charge is 2.02. The van der Waals surface area contributed by atoms with Gasteiger partial charge in [0, 0.05) is 18.5 Å².